The maximum Gasteiger partial charge on any atom is 0.355 e. The first kappa shape index (κ1) is 11.0. The molecule has 1 aromatic heterocycles. The number of nitriles is 1. The molecule has 2 rings (SSSR count). The summed E-state index contributed by atoms with van der Waals surface area (Å²) < 4.78 is 5.09. The molecular formula is C13H10N2O2. The van der Waals surface area contributed by atoms with Crippen LogP contribution in [0.15, 0.2) is 42.6 Å². The van der Waals surface area contributed by atoms with E-state index in [1.807, 2.05) is 6.07 Å². The van der Waals surface area contributed by atoms with Crippen LogP contribution < -0.4 is 0 Å². The average molecular weight is 226 g/mol. The number of ether oxygens (including phenoxy) is 1. The van der Waals surface area contributed by atoms with Crippen molar-refractivity contribution in [3.63, 3.8) is 0 Å². The van der Waals surface area contributed by atoms with E-state index in [-0.39, 0.29) is 12.6 Å². The van der Waals surface area contributed by atoms with Crippen molar-refractivity contribution in [1.82, 2.24) is 4.98 Å². The first-order valence-electron chi connectivity index (χ1n) is 5.09. The fourth-order valence-electron chi connectivity index (χ4n) is 1.36. The van der Waals surface area contributed by atoms with Crippen LogP contribution in [0.2, 0.25) is 0 Å². The Morgan fingerprint density at radius 1 is 1.29 bits per heavy atom. The summed E-state index contributed by atoms with van der Waals surface area (Å²) in [5.74, 6) is -0.389. The molecule has 0 radical (unpaired) electrons. The normalized spacial score (nSPS) is 9.59. The van der Waals surface area contributed by atoms with E-state index in [0.29, 0.717) is 11.3 Å². The van der Waals surface area contributed by atoms with Gasteiger partial charge in [-0.2, -0.15) is 5.26 Å². The van der Waals surface area contributed by atoms with Crippen LogP contribution in [0.1, 0.15) is 21.6 Å². The molecule has 0 atom stereocenters. The van der Waals surface area contributed by atoms with Crippen LogP contribution in [0.5, 0.6) is 0 Å². The second-order valence-corrected chi connectivity index (χ2v) is 3.47. The van der Waals surface area contributed by atoms with Crippen LogP contribution in [-0.2, 0) is 11.3 Å². The van der Waals surface area contributed by atoms with Gasteiger partial charge in [-0.05, 0) is 29.8 Å². The maximum atomic E-state index is 11.5. The predicted molar refractivity (Wildman–Crippen MR) is 61.1 cm³/mol. The Morgan fingerprint density at radius 2 is 2.06 bits per heavy atom. The SMILES string of the molecule is N#Cc1ccc(COC(=O)c2ccc[nH]2)cc1. The molecule has 0 aliphatic rings. The van der Waals surface area contributed by atoms with E-state index in [2.05, 4.69) is 4.98 Å². The van der Waals surface area contributed by atoms with E-state index in [4.69, 9.17) is 10.00 Å². The summed E-state index contributed by atoms with van der Waals surface area (Å²) in [5, 5.41) is 8.63. The number of aromatic amines is 1. The number of nitrogens with zero attached hydrogens (tertiary/aromatic N) is 1. The van der Waals surface area contributed by atoms with Crippen LogP contribution in [0, 0.1) is 11.3 Å². The third-order valence-electron chi connectivity index (χ3n) is 2.27. The Kier molecular flexibility index (Phi) is 3.22. The van der Waals surface area contributed by atoms with Gasteiger partial charge in [0, 0.05) is 6.20 Å². The van der Waals surface area contributed by atoms with Gasteiger partial charge in [0.2, 0.25) is 0 Å². The number of hydrogen-bond acceptors (Lipinski definition) is 3. The largest absolute Gasteiger partial charge is 0.456 e. The first-order chi connectivity index (χ1) is 8.29. The number of carbonyl (C=O) groups is 1. The fourth-order valence-corrected chi connectivity index (χ4v) is 1.36. The van der Waals surface area contributed by atoms with Crippen molar-refractivity contribution < 1.29 is 9.53 Å². The van der Waals surface area contributed by atoms with Gasteiger partial charge in [-0.15, -0.1) is 0 Å². The number of aromatic nitrogens is 1. The molecule has 0 fully saturated rings. The van der Waals surface area contributed by atoms with Crippen LogP contribution in [0.3, 0.4) is 0 Å². The maximum absolute atomic E-state index is 11.5. The number of benzene rings is 1. The smallest absolute Gasteiger partial charge is 0.355 e. The van der Waals surface area contributed by atoms with Crippen molar-refractivity contribution in [2.75, 3.05) is 0 Å². The summed E-state index contributed by atoms with van der Waals surface area (Å²) in [6, 6.07) is 12.3. The van der Waals surface area contributed by atoms with Gasteiger partial charge in [0.25, 0.3) is 0 Å². The summed E-state index contributed by atoms with van der Waals surface area (Å²) in [6.07, 6.45) is 1.66. The van der Waals surface area contributed by atoms with Gasteiger partial charge in [0.15, 0.2) is 0 Å². The second-order valence-electron chi connectivity index (χ2n) is 3.47. The van der Waals surface area contributed by atoms with E-state index in [9.17, 15) is 4.79 Å². The number of rotatable bonds is 3. The molecule has 2 aromatic rings. The zero-order valence-electron chi connectivity index (χ0n) is 9.01. The predicted octanol–water partition coefficient (Wildman–Crippen LogP) is 2.24. The topological polar surface area (TPSA) is 65.9 Å². The van der Waals surface area contributed by atoms with Crippen LogP contribution >= 0.6 is 0 Å². The minimum Gasteiger partial charge on any atom is -0.456 e. The van der Waals surface area contributed by atoms with Gasteiger partial charge < -0.3 is 9.72 Å². The van der Waals surface area contributed by atoms with Crippen molar-refractivity contribution in [3.05, 3.63) is 59.4 Å². The highest BCUT2D eigenvalue weighted by Gasteiger charge is 2.07. The summed E-state index contributed by atoms with van der Waals surface area (Å²) in [5.41, 5.74) is 1.87. The number of carbonyl (C=O) groups excluding carboxylic acids is 1. The van der Waals surface area contributed by atoms with Crippen molar-refractivity contribution in [3.8, 4) is 6.07 Å². The highest BCUT2D eigenvalue weighted by Crippen LogP contribution is 2.06. The number of esters is 1. The molecule has 84 valence electrons. The minimum absolute atomic E-state index is 0.198. The Balaban J connectivity index is 1.94. The number of nitrogens with one attached hydrogen (secondary N) is 1. The molecule has 0 saturated carbocycles. The van der Waals surface area contributed by atoms with E-state index >= 15 is 0 Å². The summed E-state index contributed by atoms with van der Waals surface area (Å²) in [7, 11) is 0. The third-order valence-corrected chi connectivity index (χ3v) is 2.27. The minimum atomic E-state index is -0.389. The Morgan fingerprint density at radius 3 is 2.65 bits per heavy atom. The monoisotopic (exact) mass is 226 g/mol. The van der Waals surface area contributed by atoms with E-state index in [1.165, 1.54) is 0 Å². The standard InChI is InChI=1S/C13H10N2O2/c14-8-10-3-5-11(6-4-10)9-17-13(16)12-2-1-7-15-12/h1-7,15H,9H2. The van der Waals surface area contributed by atoms with Gasteiger partial charge >= 0.3 is 5.97 Å². The molecule has 0 bridgehead atoms. The fraction of sp³-hybridized carbons (Fsp3) is 0.0769. The lowest BCUT2D eigenvalue weighted by Crippen LogP contribution is -2.05. The van der Waals surface area contributed by atoms with Crippen molar-refractivity contribution in [2.45, 2.75) is 6.61 Å². The van der Waals surface area contributed by atoms with Crippen molar-refractivity contribution in [2.24, 2.45) is 0 Å². The molecular weight excluding hydrogens is 216 g/mol. The molecule has 4 heteroatoms. The zero-order chi connectivity index (χ0) is 12.1. The molecule has 0 aliphatic carbocycles. The lowest BCUT2D eigenvalue weighted by molar-refractivity contribution is 0.0466. The molecule has 0 spiro atoms. The summed E-state index contributed by atoms with van der Waals surface area (Å²) in [4.78, 5) is 14.3. The molecule has 1 N–H and O–H groups in total. The number of hydrogen-bond donors (Lipinski definition) is 1. The molecule has 17 heavy (non-hydrogen) atoms. The highest BCUT2D eigenvalue weighted by molar-refractivity contribution is 5.87. The lowest BCUT2D eigenvalue weighted by Gasteiger charge is -2.03. The molecule has 0 aliphatic heterocycles. The summed E-state index contributed by atoms with van der Waals surface area (Å²) >= 11 is 0. The molecule has 1 heterocycles. The molecule has 4 nitrogen and oxygen atoms in total. The molecule has 1 aromatic carbocycles. The third kappa shape index (κ3) is 2.73. The Bertz CT molecular complexity index is 536. The molecule has 0 saturated heterocycles. The summed E-state index contributed by atoms with van der Waals surface area (Å²) in [6.45, 7) is 0.198. The Labute approximate surface area is 98.5 Å². The highest BCUT2D eigenvalue weighted by atomic mass is 16.5. The lowest BCUT2D eigenvalue weighted by atomic mass is 10.2. The van der Waals surface area contributed by atoms with E-state index in [1.54, 1.807) is 42.6 Å². The van der Waals surface area contributed by atoms with Gasteiger partial charge in [0.1, 0.15) is 12.3 Å². The first-order valence-corrected chi connectivity index (χ1v) is 5.09. The van der Waals surface area contributed by atoms with Gasteiger partial charge in [-0.3, -0.25) is 0 Å². The van der Waals surface area contributed by atoms with Crippen LogP contribution in [0.4, 0.5) is 0 Å². The Hall–Kier alpha value is -2.54. The average Bonchev–Trinajstić information content (AvgIpc) is 2.90. The van der Waals surface area contributed by atoms with E-state index in [0.717, 1.165) is 5.56 Å². The van der Waals surface area contributed by atoms with Crippen LogP contribution in [-0.4, -0.2) is 11.0 Å². The van der Waals surface area contributed by atoms with Gasteiger partial charge in [0.05, 0.1) is 11.6 Å². The van der Waals surface area contributed by atoms with E-state index < -0.39 is 0 Å². The van der Waals surface area contributed by atoms with Gasteiger partial charge in [-0.25, -0.2) is 4.79 Å². The van der Waals surface area contributed by atoms with Crippen molar-refractivity contribution >= 4 is 5.97 Å². The zero-order valence-corrected chi connectivity index (χ0v) is 9.01. The van der Waals surface area contributed by atoms with Crippen molar-refractivity contribution in [1.29, 1.82) is 5.26 Å². The number of H-pyrrole nitrogens is 1. The molecule has 0 unspecified atom stereocenters. The van der Waals surface area contributed by atoms with Crippen LogP contribution in [0.25, 0.3) is 0 Å². The quantitative estimate of drug-likeness (QED) is 0.816. The van der Waals surface area contributed by atoms with Gasteiger partial charge in [-0.1, -0.05) is 12.1 Å². The molecule has 0 amide bonds. The second kappa shape index (κ2) is 4.99.